The SMILES string of the molecule is CCc1c(OC)ccc(OC)c1C1CC(C(=O)O)CN1. The fourth-order valence-corrected chi connectivity index (χ4v) is 2.88. The molecule has 1 aromatic rings. The summed E-state index contributed by atoms with van der Waals surface area (Å²) in [6.07, 6.45) is 1.39. The zero-order chi connectivity index (χ0) is 14.7. The summed E-state index contributed by atoms with van der Waals surface area (Å²) in [5, 5.41) is 12.4. The molecule has 5 heteroatoms. The lowest BCUT2D eigenvalue weighted by Gasteiger charge is -2.21. The highest BCUT2D eigenvalue weighted by molar-refractivity contribution is 5.71. The maximum absolute atomic E-state index is 11.1. The first-order valence-corrected chi connectivity index (χ1v) is 6.82. The highest BCUT2D eigenvalue weighted by atomic mass is 16.5. The van der Waals surface area contributed by atoms with Crippen molar-refractivity contribution in [2.75, 3.05) is 20.8 Å². The first-order valence-electron chi connectivity index (χ1n) is 6.82. The van der Waals surface area contributed by atoms with Gasteiger partial charge in [-0.1, -0.05) is 6.92 Å². The number of carbonyl (C=O) groups is 1. The Morgan fingerprint density at radius 1 is 1.35 bits per heavy atom. The fraction of sp³-hybridized carbons (Fsp3) is 0.533. The third kappa shape index (κ3) is 2.58. The molecule has 1 saturated heterocycles. The highest BCUT2D eigenvalue weighted by Gasteiger charge is 2.33. The van der Waals surface area contributed by atoms with Crippen molar-refractivity contribution in [2.24, 2.45) is 5.92 Å². The molecule has 20 heavy (non-hydrogen) atoms. The molecular weight excluding hydrogens is 258 g/mol. The number of nitrogens with one attached hydrogen (secondary N) is 1. The number of benzene rings is 1. The molecular formula is C15H21NO4. The van der Waals surface area contributed by atoms with Crippen LogP contribution in [-0.2, 0) is 11.2 Å². The molecule has 0 saturated carbocycles. The minimum absolute atomic E-state index is 0.00361. The molecule has 0 aliphatic carbocycles. The molecule has 0 amide bonds. The predicted molar refractivity (Wildman–Crippen MR) is 75.4 cm³/mol. The van der Waals surface area contributed by atoms with Crippen molar-refractivity contribution in [1.29, 1.82) is 0 Å². The van der Waals surface area contributed by atoms with E-state index in [2.05, 4.69) is 12.2 Å². The lowest BCUT2D eigenvalue weighted by atomic mass is 9.93. The summed E-state index contributed by atoms with van der Waals surface area (Å²) < 4.78 is 10.9. The number of ether oxygens (including phenoxy) is 2. The Balaban J connectivity index is 2.41. The van der Waals surface area contributed by atoms with Crippen molar-refractivity contribution in [3.05, 3.63) is 23.3 Å². The molecule has 0 aromatic heterocycles. The van der Waals surface area contributed by atoms with Crippen molar-refractivity contribution in [3.8, 4) is 11.5 Å². The van der Waals surface area contributed by atoms with Crippen LogP contribution >= 0.6 is 0 Å². The van der Waals surface area contributed by atoms with Crippen molar-refractivity contribution in [2.45, 2.75) is 25.8 Å². The van der Waals surface area contributed by atoms with Crippen LogP contribution in [-0.4, -0.2) is 31.8 Å². The van der Waals surface area contributed by atoms with Crippen LogP contribution in [0.25, 0.3) is 0 Å². The van der Waals surface area contributed by atoms with Crippen LogP contribution in [0.1, 0.15) is 30.5 Å². The third-order valence-electron chi connectivity index (χ3n) is 3.90. The number of rotatable bonds is 5. The average Bonchev–Trinajstić information content (AvgIpc) is 2.95. The van der Waals surface area contributed by atoms with Crippen LogP contribution in [0.4, 0.5) is 0 Å². The van der Waals surface area contributed by atoms with E-state index in [1.165, 1.54) is 0 Å². The molecule has 1 fully saturated rings. The van der Waals surface area contributed by atoms with Gasteiger partial charge >= 0.3 is 5.97 Å². The molecule has 110 valence electrons. The Hall–Kier alpha value is -1.75. The molecule has 5 nitrogen and oxygen atoms in total. The predicted octanol–water partition coefficient (Wildman–Crippen LogP) is 2.00. The summed E-state index contributed by atoms with van der Waals surface area (Å²) in [7, 11) is 3.28. The van der Waals surface area contributed by atoms with Crippen molar-refractivity contribution >= 4 is 5.97 Å². The van der Waals surface area contributed by atoms with Gasteiger partial charge in [0.15, 0.2) is 0 Å². The van der Waals surface area contributed by atoms with Crippen molar-refractivity contribution in [1.82, 2.24) is 5.32 Å². The Labute approximate surface area is 118 Å². The molecule has 2 N–H and O–H groups in total. The van der Waals surface area contributed by atoms with Gasteiger partial charge < -0.3 is 19.9 Å². The molecule has 2 rings (SSSR count). The molecule has 1 aromatic carbocycles. The maximum atomic E-state index is 11.1. The fourth-order valence-electron chi connectivity index (χ4n) is 2.88. The second kappa shape index (κ2) is 6.13. The van der Waals surface area contributed by atoms with E-state index in [4.69, 9.17) is 14.6 Å². The minimum Gasteiger partial charge on any atom is -0.496 e. The second-order valence-electron chi connectivity index (χ2n) is 4.95. The van der Waals surface area contributed by atoms with Gasteiger partial charge in [-0.3, -0.25) is 4.79 Å². The van der Waals surface area contributed by atoms with Crippen LogP contribution in [0.5, 0.6) is 11.5 Å². The smallest absolute Gasteiger partial charge is 0.307 e. The summed E-state index contributed by atoms with van der Waals surface area (Å²) in [4.78, 5) is 11.1. The molecule has 2 atom stereocenters. The molecule has 1 heterocycles. The van der Waals surface area contributed by atoms with Crippen LogP contribution in [0.3, 0.4) is 0 Å². The number of carboxylic acid groups (broad SMARTS) is 1. The number of hydrogen-bond acceptors (Lipinski definition) is 4. The Morgan fingerprint density at radius 2 is 2.00 bits per heavy atom. The maximum Gasteiger partial charge on any atom is 0.307 e. The summed E-state index contributed by atoms with van der Waals surface area (Å²) in [5.74, 6) is 0.510. The summed E-state index contributed by atoms with van der Waals surface area (Å²) >= 11 is 0. The van der Waals surface area contributed by atoms with E-state index in [0.29, 0.717) is 13.0 Å². The lowest BCUT2D eigenvalue weighted by molar-refractivity contribution is -0.141. The van der Waals surface area contributed by atoms with E-state index in [9.17, 15) is 4.79 Å². The first kappa shape index (κ1) is 14.7. The molecule has 0 bridgehead atoms. The van der Waals surface area contributed by atoms with Gasteiger partial charge in [0.25, 0.3) is 0 Å². The molecule has 0 spiro atoms. The quantitative estimate of drug-likeness (QED) is 0.863. The molecule has 1 aliphatic rings. The number of methoxy groups -OCH3 is 2. The van der Waals surface area contributed by atoms with Crippen molar-refractivity contribution < 1.29 is 19.4 Å². The van der Waals surface area contributed by atoms with Crippen LogP contribution in [0.15, 0.2) is 12.1 Å². The topological polar surface area (TPSA) is 67.8 Å². The minimum atomic E-state index is -0.750. The second-order valence-corrected chi connectivity index (χ2v) is 4.95. The standard InChI is InChI=1S/C15H21NO4/c1-4-10-12(19-2)5-6-13(20-3)14(10)11-7-9(8-16-11)15(17)18/h5-6,9,11,16H,4,7-8H2,1-3H3,(H,17,18). The van der Waals surface area contributed by atoms with Crippen molar-refractivity contribution in [3.63, 3.8) is 0 Å². The summed E-state index contributed by atoms with van der Waals surface area (Å²) in [5.41, 5.74) is 2.11. The lowest BCUT2D eigenvalue weighted by Crippen LogP contribution is -2.18. The highest BCUT2D eigenvalue weighted by Crippen LogP contribution is 2.39. The number of aliphatic carboxylic acids is 1. The van der Waals surface area contributed by atoms with Gasteiger partial charge in [0, 0.05) is 23.7 Å². The van der Waals surface area contributed by atoms with Gasteiger partial charge in [-0.2, -0.15) is 0 Å². The summed E-state index contributed by atoms with van der Waals surface area (Å²) in [6, 6.07) is 3.77. The van der Waals surface area contributed by atoms with Gasteiger partial charge in [-0.05, 0) is 25.0 Å². The Morgan fingerprint density at radius 3 is 2.50 bits per heavy atom. The number of carboxylic acids is 1. The molecule has 2 unspecified atom stereocenters. The van der Waals surface area contributed by atoms with Crippen LogP contribution in [0, 0.1) is 5.92 Å². The zero-order valence-corrected chi connectivity index (χ0v) is 12.1. The van der Waals surface area contributed by atoms with E-state index in [0.717, 1.165) is 29.0 Å². The monoisotopic (exact) mass is 279 g/mol. The summed E-state index contributed by atoms with van der Waals surface area (Å²) in [6.45, 7) is 2.55. The van der Waals surface area contributed by atoms with Gasteiger partial charge in [-0.25, -0.2) is 0 Å². The van der Waals surface area contributed by atoms with Gasteiger partial charge in [0.1, 0.15) is 11.5 Å². The first-order chi connectivity index (χ1) is 9.62. The Bertz CT molecular complexity index is 501. The molecule has 0 radical (unpaired) electrons. The molecule has 1 aliphatic heterocycles. The largest absolute Gasteiger partial charge is 0.496 e. The number of hydrogen-bond donors (Lipinski definition) is 2. The van der Waals surface area contributed by atoms with Gasteiger partial charge in [-0.15, -0.1) is 0 Å². The van der Waals surface area contributed by atoms with E-state index >= 15 is 0 Å². The van der Waals surface area contributed by atoms with Gasteiger partial charge in [0.05, 0.1) is 20.1 Å². The Kier molecular flexibility index (Phi) is 4.49. The normalized spacial score (nSPS) is 21.8. The third-order valence-corrected chi connectivity index (χ3v) is 3.90. The van der Waals surface area contributed by atoms with E-state index in [1.807, 2.05) is 12.1 Å². The van der Waals surface area contributed by atoms with E-state index in [-0.39, 0.29) is 12.0 Å². The average molecular weight is 279 g/mol. The zero-order valence-electron chi connectivity index (χ0n) is 12.1. The van der Waals surface area contributed by atoms with E-state index in [1.54, 1.807) is 14.2 Å². The van der Waals surface area contributed by atoms with Crippen LogP contribution in [0.2, 0.25) is 0 Å². The van der Waals surface area contributed by atoms with Crippen LogP contribution < -0.4 is 14.8 Å². The van der Waals surface area contributed by atoms with E-state index < -0.39 is 5.97 Å². The van der Waals surface area contributed by atoms with Gasteiger partial charge in [0.2, 0.25) is 0 Å².